The lowest BCUT2D eigenvalue weighted by molar-refractivity contribution is -0.137. The Morgan fingerprint density at radius 1 is 1.21 bits per heavy atom. The molecule has 2 N–H and O–H groups in total. The second-order valence-electron chi connectivity index (χ2n) is 6.71. The molecule has 3 atom stereocenters. The fourth-order valence-corrected chi connectivity index (χ4v) is 3.20. The number of unbranched alkanes of at least 4 members (excludes halogenated alkanes) is 5. The number of allylic oxidation sites excluding steroid dienone is 3. The third-order valence-electron chi connectivity index (χ3n) is 4.68. The van der Waals surface area contributed by atoms with Crippen LogP contribution >= 0.6 is 0 Å². The summed E-state index contributed by atoms with van der Waals surface area (Å²) in [4.78, 5) is 22.4. The van der Waals surface area contributed by atoms with E-state index in [1.54, 1.807) is 6.08 Å². The Labute approximate surface area is 145 Å². The summed E-state index contributed by atoms with van der Waals surface area (Å²) in [6, 6.07) is 0. The van der Waals surface area contributed by atoms with Gasteiger partial charge >= 0.3 is 5.97 Å². The van der Waals surface area contributed by atoms with Gasteiger partial charge in [0.05, 0.1) is 6.10 Å². The SMILES string of the molecule is CCCCCCCC(O)[C@H]1C=CC(=O)[C@@H]1CC=CCCCC(=O)O. The van der Waals surface area contributed by atoms with Crippen LogP contribution in [0.4, 0.5) is 0 Å². The van der Waals surface area contributed by atoms with Crippen molar-refractivity contribution in [3.05, 3.63) is 24.3 Å². The van der Waals surface area contributed by atoms with Crippen LogP contribution in [0, 0.1) is 11.8 Å². The molecule has 1 aliphatic rings. The van der Waals surface area contributed by atoms with Crippen LogP contribution in [0.1, 0.15) is 71.1 Å². The maximum absolute atomic E-state index is 12.0. The van der Waals surface area contributed by atoms with Crippen molar-refractivity contribution < 1.29 is 19.8 Å². The zero-order valence-corrected chi connectivity index (χ0v) is 14.8. The number of ketones is 1. The molecule has 24 heavy (non-hydrogen) atoms. The molecule has 0 aromatic rings. The third kappa shape index (κ3) is 7.91. The van der Waals surface area contributed by atoms with Crippen LogP contribution < -0.4 is 0 Å². The van der Waals surface area contributed by atoms with Crippen LogP contribution in [0.25, 0.3) is 0 Å². The highest BCUT2D eigenvalue weighted by Crippen LogP contribution is 2.31. The fraction of sp³-hybridized carbons (Fsp3) is 0.700. The molecule has 0 radical (unpaired) electrons. The summed E-state index contributed by atoms with van der Waals surface area (Å²) in [5.41, 5.74) is 0. The largest absolute Gasteiger partial charge is 0.481 e. The molecule has 136 valence electrons. The number of aliphatic carboxylic acids is 1. The quantitative estimate of drug-likeness (QED) is 0.389. The highest BCUT2D eigenvalue weighted by molar-refractivity contribution is 5.94. The average molecular weight is 336 g/mol. The number of carboxylic acids is 1. The van der Waals surface area contributed by atoms with Gasteiger partial charge in [0, 0.05) is 18.3 Å². The third-order valence-corrected chi connectivity index (χ3v) is 4.68. The van der Waals surface area contributed by atoms with Crippen LogP contribution in [0.5, 0.6) is 0 Å². The molecule has 0 aliphatic heterocycles. The number of aliphatic hydroxyl groups excluding tert-OH is 1. The van der Waals surface area contributed by atoms with E-state index in [1.807, 2.05) is 18.2 Å². The molecule has 4 heteroatoms. The first kappa shape index (κ1) is 20.6. The Hall–Kier alpha value is -1.42. The molecule has 0 amide bonds. The molecule has 1 rings (SSSR count). The normalized spacial score (nSPS) is 21.7. The standard InChI is InChI=1S/C20H32O4/c1-2-3-4-5-9-12-18(21)17-14-15-19(22)16(17)11-8-6-7-10-13-20(23)24/h6,8,14-18,21H,2-5,7,9-13H2,1H3,(H,23,24)/t16-,17+,18?/m1/s1. The molecule has 1 aliphatic carbocycles. The number of hydrogen-bond acceptors (Lipinski definition) is 3. The molecule has 0 fully saturated rings. The summed E-state index contributed by atoms with van der Waals surface area (Å²) in [6.45, 7) is 2.18. The van der Waals surface area contributed by atoms with Crippen molar-refractivity contribution in [1.29, 1.82) is 0 Å². The number of aliphatic hydroxyl groups is 1. The topological polar surface area (TPSA) is 74.6 Å². The summed E-state index contributed by atoms with van der Waals surface area (Å²) in [6.07, 6.45) is 15.6. The Kier molecular flexibility index (Phi) is 10.3. The lowest BCUT2D eigenvalue weighted by Gasteiger charge is -2.22. The summed E-state index contributed by atoms with van der Waals surface area (Å²) in [5, 5.41) is 19.0. The molecule has 0 spiro atoms. The van der Waals surface area contributed by atoms with Gasteiger partial charge in [0.25, 0.3) is 0 Å². The van der Waals surface area contributed by atoms with E-state index in [9.17, 15) is 14.7 Å². The van der Waals surface area contributed by atoms with Crippen LogP contribution in [0.15, 0.2) is 24.3 Å². The van der Waals surface area contributed by atoms with E-state index in [0.29, 0.717) is 19.3 Å². The second-order valence-corrected chi connectivity index (χ2v) is 6.71. The molecule has 1 unspecified atom stereocenters. The molecule has 0 bridgehead atoms. The van der Waals surface area contributed by atoms with E-state index in [4.69, 9.17) is 5.11 Å². The Morgan fingerprint density at radius 3 is 2.67 bits per heavy atom. The monoisotopic (exact) mass is 336 g/mol. The van der Waals surface area contributed by atoms with Crippen LogP contribution in [0.2, 0.25) is 0 Å². The minimum absolute atomic E-state index is 0.0765. The summed E-state index contributed by atoms with van der Waals surface area (Å²) in [7, 11) is 0. The molecular formula is C20H32O4. The Balaban J connectivity index is 2.32. The van der Waals surface area contributed by atoms with Crippen molar-refractivity contribution in [3.63, 3.8) is 0 Å². The highest BCUT2D eigenvalue weighted by Gasteiger charge is 2.33. The van der Waals surface area contributed by atoms with Gasteiger partial charge < -0.3 is 10.2 Å². The van der Waals surface area contributed by atoms with E-state index < -0.39 is 12.1 Å². The van der Waals surface area contributed by atoms with Gasteiger partial charge in [-0.1, -0.05) is 57.3 Å². The molecule has 0 heterocycles. The number of carbonyl (C=O) groups is 2. The van der Waals surface area contributed by atoms with E-state index in [0.717, 1.165) is 19.3 Å². The maximum Gasteiger partial charge on any atom is 0.303 e. The van der Waals surface area contributed by atoms with Crippen LogP contribution in [-0.2, 0) is 9.59 Å². The molecular weight excluding hydrogens is 304 g/mol. The zero-order valence-electron chi connectivity index (χ0n) is 14.8. The van der Waals surface area contributed by atoms with Gasteiger partial charge in [-0.3, -0.25) is 9.59 Å². The summed E-state index contributed by atoms with van der Waals surface area (Å²) in [5.74, 6) is -0.917. The van der Waals surface area contributed by atoms with Gasteiger partial charge in [-0.2, -0.15) is 0 Å². The van der Waals surface area contributed by atoms with Gasteiger partial charge in [-0.25, -0.2) is 0 Å². The van der Waals surface area contributed by atoms with Gasteiger partial charge in [0.2, 0.25) is 0 Å². The number of carbonyl (C=O) groups excluding carboxylic acids is 1. The van der Waals surface area contributed by atoms with Gasteiger partial charge in [0.1, 0.15) is 0 Å². The van der Waals surface area contributed by atoms with E-state index in [2.05, 4.69) is 6.92 Å². The van der Waals surface area contributed by atoms with Crippen molar-refractivity contribution >= 4 is 11.8 Å². The van der Waals surface area contributed by atoms with Crippen LogP contribution in [-0.4, -0.2) is 28.1 Å². The summed E-state index contributed by atoms with van der Waals surface area (Å²) < 4.78 is 0. The van der Waals surface area contributed by atoms with Crippen molar-refractivity contribution in [1.82, 2.24) is 0 Å². The first-order valence-corrected chi connectivity index (χ1v) is 9.33. The van der Waals surface area contributed by atoms with E-state index in [-0.39, 0.29) is 24.0 Å². The second kappa shape index (κ2) is 12.0. The predicted octanol–water partition coefficient (Wildman–Crippen LogP) is 4.28. The Bertz CT molecular complexity index is 439. The van der Waals surface area contributed by atoms with Crippen LogP contribution in [0.3, 0.4) is 0 Å². The lowest BCUT2D eigenvalue weighted by Crippen LogP contribution is -2.26. The number of hydrogen-bond donors (Lipinski definition) is 2. The Morgan fingerprint density at radius 2 is 1.96 bits per heavy atom. The number of carboxylic acid groups (broad SMARTS) is 1. The smallest absolute Gasteiger partial charge is 0.303 e. The van der Waals surface area contributed by atoms with Crippen molar-refractivity contribution in [2.24, 2.45) is 11.8 Å². The molecule has 0 saturated carbocycles. The summed E-state index contributed by atoms with van der Waals surface area (Å²) >= 11 is 0. The molecule has 4 nitrogen and oxygen atoms in total. The highest BCUT2D eigenvalue weighted by atomic mass is 16.4. The zero-order chi connectivity index (χ0) is 17.8. The van der Waals surface area contributed by atoms with E-state index in [1.165, 1.54) is 19.3 Å². The minimum Gasteiger partial charge on any atom is -0.481 e. The first-order chi connectivity index (χ1) is 11.6. The minimum atomic E-state index is -0.777. The van der Waals surface area contributed by atoms with Gasteiger partial charge in [-0.05, 0) is 31.8 Å². The average Bonchev–Trinajstić information content (AvgIpc) is 2.91. The van der Waals surface area contributed by atoms with Gasteiger partial charge in [0.15, 0.2) is 5.78 Å². The van der Waals surface area contributed by atoms with Gasteiger partial charge in [-0.15, -0.1) is 0 Å². The molecule has 0 aromatic heterocycles. The van der Waals surface area contributed by atoms with Crippen molar-refractivity contribution in [2.45, 2.75) is 77.2 Å². The molecule has 0 aromatic carbocycles. The predicted molar refractivity (Wildman–Crippen MR) is 95.8 cm³/mol. The fourth-order valence-electron chi connectivity index (χ4n) is 3.20. The maximum atomic E-state index is 12.0. The van der Waals surface area contributed by atoms with Crippen molar-refractivity contribution in [3.8, 4) is 0 Å². The first-order valence-electron chi connectivity index (χ1n) is 9.33. The van der Waals surface area contributed by atoms with Crippen molar-refractivity contribution in [2.75, 3.05) is 0 Å². The lowest BCUT2D eigenvalue weighted by atomic mass is 9.85. The van der Waals surface area contributed by atoms with E-state index >= 15 is 0 Å². The molecule has 0 saturated heterocycles. The number of rotatable bonds is 13.